The zero-order valence-corrected chi connectivity index (χ0v) is 20.1. The maximum absolute atomic E-state index is 12.1. The summed E-state index contributed by atoms with van der Waals surface area (Å²) in [5.41, 5.74) is -0.372. The quantitative estimate of drug-likeness (QED) is 0.241. The molecule has 0 heterocycles. The first-order chi connectivity index (χ1) is 12.3. The van der Waals surface area contributed by atoms with Crippen molar-refractivity contribution in [2.45, 2.75) is 57.3 Å². The summed E-state index contributed by atoms with van der Waals surface area (Å²) in [6.07, 6.45) is 5.07. The van der Waals surface area contributed by atoms with Gasteiger partial charge in [-0.3, -0.25) is 4.55 Å². The van der Waals surface area contributed by atoms with E-state index in [1.165, 1.54) is 6.07 Å². The Hall–Kier alpha value is -0.294. The van der Waals surface area contributed by atoms with E-state index in [9.17, 15) is 22.6 Å². The number of hydrogen-bond donors (Lipinski definition) is 1. The summed E-state index contributed by atoms with van der Waals surface area (Å²) in [5.74, 6) is -1.58. The molecule has 1 N–H and O–H groups in total. The number of carbonyl (C=O) groups is 2. The van der Waals surface area contributed by atoms with Crippen molar-refractivity contribution in [2.75, 3.05) is 13.2 Å². The first-order valence-corrected chi connectivity index (χ1v) is 10.2. The molecule has 0 aliphatic rings. The van der Waals surface area contributed by atoms with Crippen LogP contribution in [0.3, 0.4) is 0 Å². The van der Waals surface area contributed by atoms with Gasteiger partial charge in [0.05, 0.1) is 24.3 Å². The zero-order valence-electron chi connectivity index (χ0n) is 17.2. The molecule has 0 unspecified atom stereocenters. The standard InChI is InChI=1S/C18H26O7S.K.H/c1-3-5-7-11-24-17(19)14-9-10-15(16(13-14)26(21,22)23)18(20)25-12-8-6-4-2;;/h9-10,13H,3-8,11-12H2,1-2H3,(H,21,22,23);;/q;+1;-1. The van der Waals surface area contributed by atoms with E-state index < -0.39 is 27.0 Å². The predicted molar refractivity (Wildman–Crippen MR) is 97.0 cm³/mol. The number of benzene rings is 1. The Morgan fingerprint density at radius 3 is 1.96 bits per heavy atom. The van der Waals surface area contributed by atoms with Crippen LogP contribution in [-0.2, 0) is 19.6 Å². The molecule has 0 fully saturated rings. The van der Waals surface area contributed by atoms with Gasteiger partial charge in [-0.15, -0.1) is 0 Å². The topological polar surface area (TPSA) is 107 Å². The van der Waals surface area contributed by atoms with E-state index in [-0.39, 0.29) is 77.2 Å². The third kappa shape index (κ3) is 9.64. The van der Waals surface area contributed by atoms with Crippen molar-refractivity contribution in [1.82, 2.24) is 0 Å². The number of ether oxygens (including phenoxy) is 2. The van der Waals surface area contributed by atoms with Crippen LogP contribution in [0.25, 0.3) is 0 Å². The van der Waals surface area contributed by atoms with Gasteiger partial charge < -0.3 is 10.9 Å². The molecule has 0 aliphatic carbocycles. The van der Waals surface area contributed by atoms with Crippen molar-refractivity contribution >= 4 is 22.1 Å². The van der Waals surface area contributed by atoms with E-state index in [1.807, 2.05) is 13.8 Å². The van der Waals surface area contributed by atoms with Gasteiger partial charge >= 0.3 is 63.3 Å². The summed E-state index contributed by atoms with van der Waals surface area (Å²) in [5, 5.41) is 0. The molecular weight excluding hydrogens is 399 g/mol. The van der Waals surface area contributed by atoms with Gasteiger partial charge in [-0.05, 0) is 31.0 Å². The molecule has 9 heteroatoms. The van der Waals surface area contributed by atoms with Gasteiger partial charge in [-0.1, -0.05) is 39.5 Å². The Kier molecular flexibility index (Phi) is 13.7. The van der Waals surface area contributed by atoms with Crippen LogP contribution in [-0.4, -0.2) is 38.1 Å². The average Bonchev–Trinajstić information content (AvgIpc) is 2.60. The third-order valence-electron chi connectivity index (χ3n) is 3.68. The van der Waals surface area contributed by atoms with Gasteiger partial charge in [0.25, 0.3) is 10.1 Å². The molecule has 7 nitrogen and oxygen atoms in total. The summed E-state index contributed by atoms with van der Waals surface area (Å²) in [6, 6.07) is 3.35. The van der Waals surface area contributed by atoms with Gasteiger partial charge in [-0.2, -0.15) is 8.42 Å². The Morgan fingerprint density at radius 2 is 1.48 bits per heavy atom. The fraction of sp³-hybridized carbons (Fsp3) is 0.556. The molecule has 27 heavy (non-hydrogen) atoms. The Bertz CT molecular complexity index is 723. The molecule has 1 aromatic rings. The molecule has 148 valence electrons. The Balaban J connectivity index is 0. The minimum absolute atomic E-state index is 0. The molecule has 1 rings (SSSR count). The first-order valence-electron chi connectivity index (χ1n) is 8.77. The second-order valence-electron chi connectivity index (χ2n) is 5.87. The van der Waals surface area contributed by atoms with Crippen molar-refractivity contribution in [3.05, 3.63) is 29.3 Å². The summed E-state index contributed by atoms with van der Waals surface area (Å²) >= 11 is 0. The number of rotatable bonds is 11. The average molecular weight is 427 g/mol. The van der Waals surface area contributed by atoms with Crippen LogP contribution in [0.4, 0.5) is 0 Å². The van der Waals surface area contributed by atoms with Crippen LogP contribution in [0.2, 0.25) is 0 Å². The molecule has 0 aromatic heterocycles. The van der Waals surface area contributed by atoms with Crippen molar-refractivity contribution in [2.24, 2.45) is 0 Å². The smallest absolute Gasteiger partial charge is 1.00 e. The number of unbranched alkanes of at least 4 members (excludes halogenated alkanes) is 4. The van der Waals surface area contributed by atoms with Crippen LogP contribution < -0.4 is 51.4 Å². The van der Waals surface area contributed by atoms with Crippen LogP contribution in [0.15, 0.2) is 23.1 Å². The maximum atomic E-state index is 12.1. The molecule has 0 radical (unpaired) electrons. The fourth-order valence-electron chi connectivity index (χ4n) is 2.23. The summed E-state index contributed by atoms with van der Waals surface area (Å²) in [6.45, 7) is 4.38. The molecule has 0 atom stereocenters. The minimum Gasteiger partial charge on any atom is -1.00 e. The van der Waals surface area contributed by atoms with Crippen molar-refractivity contribution < 1.29 is 84.8 Å². The largest absolute Gasteiger partial charge is 1.00 e. The van der Waals surface area contributed by atoms with Gasteiger partial charge in [0.2, 0.25) is 0 Å². The minimum atomic E-state index is -4.71. The Morgan fingerprint density at radius 1 is 0.963 bits per heavy atom. The Labute approximate surface area is 204 Å². The van der Waals surface area contributed by atoms with E-state index in [0.29, 0.717) is 12.8 Å². The van der Waals surface area contributed by atoms with Gasteiger partial charge in [0.15, 0.2) is 0 Å². The van der Waals surface area contributed by atoms with Crippen LogP contribution >= 0.6 is 0 Å². The maximum Gasteiger partial charge on any atom is 1.00 e. The third-order valence-corrected chi connectivity index (χ3v) is 4.57. The SMILES string of the molecule is CCCCCOC(=O)c1ccc(C(=O)OCCCCC)c(S(=O)(=O)O)c1.[H-].[K+]. The van der Waals surface area contributed by atoms with E-state index >= 15 is 0 Å². The molecule has 0 saturated heterocycles. The molecule has 0 saturated carbocycles. The molecule has 0 spiro atoms. The van der Waals surface area contributed by atoms with Crippen molar-refractivity contribution in [3.63, 3.8) is 0 Å². The normalized spacial score (nSPS) is 10.8. The van der Waals surface area contributed by atoms with Crippen LogP contribution in [0.5, 0.6) is 0 Å². The monoisotopic (exact) mass is 426 g/mol. The molecule has 0 bridgehead atoms. The van der Waals surface area contributed by atoms with Gasteiger partial charge in [-0.25, -0.2) is 9.59 Å². The molecular formula is C18H27KO7S. The molecule has 0 amide bonds. The first kappa shape index (κ1) is 26.7. The van der Waals surface area contributed by atoms with Crippen molar-refractivity contribution in [3.8, 4) is 0 Å². The predicted octanol–water partition coefficient (Wildman–Crippen LogP) is 0.744. The van der Waals surface area contributed by atoms with E-state index in [1.54, 1.807) is 0 Å². The number of carbonyl (C=O) groups excluding carboxylic acids is 2. The zero-order chi connectivity index (χ0) is 19.6. The number of hydrogen-bond acceptors (Lipinski definition) is 6. The van der Waals surface area contributed by atoms with E-state index in [0.717, 1.165) is 37.8 Å². The second-order valence-corrected chi connectivity index (χ2v) is 7.26. The summed E-state index contributed by atoms with van der Waals surface area (Å²) in [4.78, 5) is 23.4. The van der Waals surface area contributed by atoms with Crippen molar-refractivity contribution in [1.29, 1.82) is 0 Å². The second kappa shape index (κ2) is 13.8. The summed E-state index contributed by atoms with van der Waals surface area (Å²) < 4.78 is 42.7. The fourth-order valence-corrected chi connectivity index (χ4v) is 2.93. The van der Waals surface area contributed by atoms with Gasteiger partial charge in [0, 0.05) is 0 Å². The van der Waals surface area contributed by atoms with Crippen LogP contribution in [0.1, 0.15) is 74.5 Å². The number of esters is 2. The molecule has 0 aliphatic heterocycles. The van der Waals surface area contributed by atoms with Crippen LogP contribution in [0, 0.1) is 0 Å². The van der Waals surface area contributed by atoms with E-state index in [2.05, 4.69) is 0 Å². The summed E-state index contributed by atoms with van der Waals surface area (Å²) in [7, 11) is -4.71. The van der Waals surface area contributed by atoms with Gasteiger partial charge in [0.1, 0.15) is 4.90 Å². The van der Waals surface area contributed by atoms with E-state index in [4.69, 9.17) is 9.47 Å². The molecule has 1 aromatic carbocycles.